The first-order valence-electron chi connectivity index (χ1n) is 7.91. The van der Waals surface area contributed by atoms with Gasteiger partial charge in [-0.1, -0.05) is 12.1 Å². The normalized spacial score (nSPS) is 20.1. The van der Waals surface area contributed by atoms with Crippen molar-refractivity contribution in [3.63, 3.8) is 0 Å². The Bertz CT molecular complexity index is 923. The molecule has 4 rings (SSSR count). The molecule has 8 nitrogen and oxygen atoms in total. The van der Waals surface area contributed by atoms with E-state index in [0.29, 0.717) is 30.9 Å². The maximum Gasteiger partial charge on any atom is 0.316 e. The van der Waals surface area contributed by atoms with Gasteiger partial charge in [0.05, 0.1) is 19.5 Å². The summed E-state index contributed by atoms with van der Waals surface area (Å²) in [5.41, 5.74) is 0.423. The van der Waals surface area contributed by atoms with Crippen LogP contribution >= 0.6 is 0 Å². The summed E-state index contributed by atoms with van der Waals surface area (Å²) < 4.78 is 6.85. The summed E-state index contributed by atoms with van der Waals surface area (Å²) in [4.78, 5) is 22.5. The first kappa shape index (κ1) is 15.4. The number of carboxylic acid groups (broad SMARTS) is 1. The summed E-state index contributed by atoms with van der Waals surface area (Å²) in [6.45, 7) is 0.939. The highest BCUT2D eigenvalue weighted by Crippen LogP contribution is 2.37. The fraction of sp³-hybridized carbons (Fsp3) is 0.294. The minimum absolute atomic E-state index is 0.343. The standard InChI is InChI=1S/C17H17N5O3/c1-25-13-4-2-12(3-5-13)17(16(23)24)6-7-21(10-17)15-9-18-8-14-19-11-20-22(14)15/h2-5,8-9,11H,6-7,10H2,1H3,(H,23,24). The number of aromatic nitrogens is 4. The van der Waals surface area contributed by atoms with E-state index < -0.39 is 11.4 Å². The molecule has 0 saturated carbocycles. The maximum atomic E-state index is 12.2. The van der Waals surface area contributed by atoms with Crippen molar-refractivity contribution >= 4 is 17.4 Å². The Hall–Kier alpha value is -3.16. The lowest BCUT2D eigenvalue weighted by Gasteiger charge is -2.26. The third-order valence-electron chi connectivity index (χ3n) is 4.82. The quantitative estimate of drug-likeness (QED) is 0.767. The molecule has 1 aromatic carbocycles. The number of ether oxygens (including phenoxy) is 1. The zero-order valence-electron chi connectivity index (χ0n) is 13.7. The Balaban J connectivity index is 1.72. The monoisotopic (exact) mass is 339 g/mol. The molecule has 0 bridgehead atoms. The number of hydrogen-bond donors (Lipinski definition) is 1. The van der Waals surface area contributed by atoms with Crippen molar-refractivity contribution in [3.8, 4) is 5.75 Å². The summed E-state index contributed by atoms with van der Waals surface area (Å²) in [6.07, 6.45) is 5.28. The van der Waals surface area contributed by atoms with Crippen molar-refractivity contribution in [3.05, 3.63) is 48.5 Å². The van der Waals surface area contributed by atoms with Crippen LogP contribution in [0.15, 0.2) is 43.0 Å². The number of methoxy groups -OCH3 is 1. The Labute approximate surface area is 143 Å². The zero-order chi connectivity index (χ0) is 17.4. The summed E-state index contributed by atoms with van der Waals surface area (Å²) >= 11 is 0. The van der Waals surface area contributed by atoms with Crippen LogP contribution in [0.25, 0.3) is 5.65 Å². The molecule has 3 aromatic rings. The first-order valence-corrected chi connectivity index (χ1v) is 7.91. The average molecular weight is 339 g/mol. The van der Waals surface area contributed by atoms with E-state index in [0.717, 1.165) is 11.4 Å². The molecule has 3 heterocycles. The van der Waals surface area contributed by atoms with Gasteiger partial charge < -0.3 is 14.7 Å². The molecule has 1 unspecified atom stereocenters. The number of aliphatic carboxylic acids is 1. The number of hydrogen-bond acceptors (Lipinski definition) is 6. The Morgan fingerprint density at radius 3 is 2.80 bits per heavy atom. The molecule has 1 N–H and O–H groups in total. The molecule has 2 aromatic heterocycles. The molecule has 0 radical (unpaired) electrons. The number of benzene rings is 1. The molecule has 1 fully saturated rings. The van der Waals surface area contributed by atoms with E-state index in [1.807, 2.05) is 17.0 Å². The van der Waals surface area contributed by atoms with Crippen molar-refractivity contribution in [2.24, 2.45) is 0 Å². The van der Waals surface area contributed by atoms with Crippen molar-refractivity contribution in [1.82, 2.24) is 19.6 Å². The van der Waals surface area contributed by atoms with Gasteiger partial charge in [-0.2, -0.15) is 9.61 Å². The average Bonchev–Trinajstić information content (AvgIpc) is 3.29. The first-order chi connectivity index (χ1) is 12.1. The van der Waals surface area contributed by atoms with Crippen LogP contribution in [0.2, 0.25) is 0 Å². The van der Waals surface area contributed by atoms with Gasteiger partial charge in [0.25, 0.3) is 0 Å². The largest absolute Gasteiger partial charge is 0.497 e. The van der Waals surface area contributed by atoms with Crippen molar-refractivity contribution < 1.29 is 14.6 Å². The number of carboxylic acids is 1. The highest BCUT2D eigenvalue weighted by Gasteiger charge is 2.47. The summed E-state index contributed by atoms with van der Waals surface area (Å²) in [5.74, 6) is 0.612. The molecule has 128 valence electrons. The van der Waals surface area contributed by atoms with Gasteiger partial charge in [0.15, 0.2) is 11.5 Å². The van der Waals surface area contributed by atoms with Gasteiger partial charge in [-0.3, -0.25) is 9.78 Å². The van der Waals surface area contributed by atoms with Gasteiger partial charge in [-0.15, -0.1) is 0 Å². The van der Waals surface area contributed by atoms with Gasteiger partial charge in [-0.25, -0.2) is 4.98 Å². The molecule has 8 heteroatoms. The smallest absolute Gasteiger partial charge is 0.316 e. The topological polar surface area (TPSA) is 92.9 Å². The van der Waals surface area contributed by atoms with Crippen LogP contribution in [-0.2, 0) is 10.2 Å². The van der Waals surface area contributed by atoms with Crippen LogP contribution in [0.1, 0.15) is 12.0 Å². The third-order valence-corrected chi connectivity index (χ3v) is 4.82. The van der Waals surface area contributed by atoms with Gasteiger partial charge >= 0.3 is 5.97 Å². The van der Waals surface area contributed by atoms with E-state index in [1.165, 1.54) is 6.33 Å². The number of anilines is 1. The minimum Gasteiger partial charge on any atom is -0.497 e. The second-order valence-electron chi connectivity index (χ2n) is 6.08. The molecule has 0 spiro atoms. The molecular formula is C17H17N5O3. The number of fused-ring (bicyclic) bond motifs is 1. The fourth-order valence-electron chi connectivity index (χ4n) is 3.40. The van der Waals surface area contributed by atoms with E-state index in [9.17, 15) is 9.90 Å². The number of nitrogens with zero attached hydrogens (tertiary/aromatic N) is 5. The van der Waals surface area contributed by atoms with Crippen molar-refractivity contribution in [2.75, 3.05) is 25.1 Å². The van der Waals surface area contributed by atoms with Gasteiger partial charge in [0.2, 0.25) is 0 Å². The van der Waals surface area contributed by atoms with Crippen LogP contribution in [0, 0.1) is 0 Å². The predicted octanol–water partition coefficient (Wildman–Crippen LogP) is 1.37. The highest BCUT2D eigenvalue weighted by molar-refractivity contribution is 5.83. The van der Waals surface area contributed by atoms with E-state index >= 15 is 0 Å². The Morgan fingerprint density at radius 2 is 2.08 bits per heavy atom. The zero-order valence-corrected chi connectivity index (χ0v) is 13.7. The lowest BCUT2D eigenvalue weighted by molar-refractivity contribution is -0.143. The second-order valence-corrected chi connectivity index (χ2v) is 6.08. The van der Waals surface area contributed by atoms with E-state index in [2.05, 4.69) is 15.1 Å². The fourth-order valence-corrected chi connectivity index (χ4v) is 3.40. The maximum absolute atomic E-state index is 12.2. The van der Waals surface area contributed by atoms with Gasteiger partial charge in [-0.05, 0) is 24.1 Å². The van der Waals surface area contributed by atoms with E-state index in [4.69, 9.17) is 4.74 Å². The van der Waals surface area contributed by atoms with Crippen LogP contribution in [0.5, 0.6) is 5.75 Å². The lowest BCUT2D eigenvalue weighted by atomic mass is 9.80. The van der Waals surface area contributed by atoms with Crippen molar-refractivity contribution in [1.29, 1.82) is 0 Å². The molecule has 0 aliphatic carbocycles. The molecule has 0 amide bonds. The van der Waals surface area contributed by atoms with Gasteiger partial charge in [0.1, 0.15) is 17.5 Å². The summed E-state index contributed by atoms with van der Waals surface area (Å²) in [5, 5.41) is 14.2. The SMILES string of the molecule is COc1ccc(C2(C(=O)O)CCN(c3cncc4ncnn34)C2)cc1. The molecule has 1 saturated heterocycles. The third kappa shape index (κ3) is 2.37. The Kier molecular flexibility index (Phi) is 3.52. The van der Waals surface area contributed by atoms with E-state index in [1.54, 1.807) is 36.2 Å². The molecule has 25 heavy (non-hydrogen) atoms. The van der Waals surface area contributed by atoms with Crippen LogP contribution in [-0.4, -0.2) is 50.9 Å². The van der Waals surface area contributed by atoms with Crippen LogP contribution in [0.3, 0.4) is 0 Å². The predicted molar refractivity (Wildman–Crippen MR) is 89.9 cm³/mol. The lowest BCUT2D eigenvalue weighted by Crippen LogP contribution is -2.39. The van der Waals surface area contributed by atoms with Crippen LogP contribution < -0.4 is 9.64 Å². The molecule has 1 aliphatic heterocycles. The summed E-state index contributed by atoms with van der Waals surface area (Å²) in [6, 6.07) is 7.24. The highest BCUT2D eigenvalue weighted by atomic mass is 16.5. The summed E-state index contributed by atoms with van der Waals surface area (Å²) in [7, 11) is 1.59. The Morgan fingerprint density at radius 1 is 1.28 bits per heavy atom. The van der Waals surface area contributed by atoms with Gasteiger partial charge in [0, 0.05) is 13.1 Å². The van der Waals surface area contributed by atoms with Crippen LogP contribution in [0.4, 0.5) is 5.82 Å². The number of carbonyl (C=O) groups is 1. The molecule has 1 atom stereocenters. The molecular weight excluding hydrogens is 322 g/mol. The second kappa shape index (κ2) is 5.73. The van der Waals surface area contributed by atoms with E-state index in [-0.39, 0.29) is 0 Å². The van der Waals surface area contributed by atoms with Crippen molar-refractivity contribution in [2.45, 2.75) is 11.8 Å². The minimum atomic E-state index is -0.977. The molecule has 1 aliphatic rings. The number of rotatable bonds is 4.